The number of rotatable bonds is 5. The largest absolute Gasteiger partial charge is 0.417 e. The fourth-order valence-corrected chi connectivity index (χ4v) is 2.51. The molecule has 0 spiro atoms. The first-order chi connectivity index (χ1) is 13.6. The summed E-state index contributed by atoms with van der Waals surface area (Å²) in [7, 11) is 2.48. The number of hydrogen-bond acceptors (Lipinski definition) is 5. The Morgan fingerprint density at radius 2 is 1.69 bits per heavy atom. The Balaban J connectivity index is 2.23. The Morgan fingerprint density at radius 3 is 2.14 bits per heavy atom. The molecule has 0 bridgehead atoms. The smallest absolute Gasteiger partial charge is 0.357 e. The van der Waals surface area contributed by atoms with Crippen molar-refractivity contribution in [3.8, 4) is 11.3 Å². The Kier molecular flexibility index (Phi) is 6.54. The van der Waals surface area contributed by atoms with Gasteiger partial charge in [0.2, 0.25) is 0 Å². The molecule has 0 radical (unpaired) electrons. The van der Waals surface area contributed by atoms with E-state index in [1.807, 2.05) is 0 Å². The number of likely N-dealkylation sites (N-methyl/N-ethyl adjacent to an activating group) is 2. The molecule has 0 saturated carbocycles. The fraction of sp³-hybridized carbons (Fsp3) is 0.222. The molecular weight excluding hydrogens is 393 g/mol. The molecule has 0 aliphatic heterocycles. The summed E-state index contributed by atoms with van der Waals surface area (Å²) < 4.78 is 37.8. The third-order valence-corrected chi connectivity index (χ3v) is 4.08. The van der Waals surface area contributed by atoms with Gasteiger partial charge in [-0.2, -0.15) is 13.2 Å². The van der Waals surface area contributed by atoms with E-state index in [0.717, 1.165) is 11.0 Å². The van der Waals surface area contributed by atoms with Crippen LogP contribution in [0.25, 0.3) is 11.3 Å². The van der Waals surface area contributed by atoms with E-state index in [1.54, 1.807) is 0 Å². The third kappa shape index (κ3) is 4.88. The van der Waals surface area contributed by atoms with Crippen LogP contribution in [0.1, 0.15) is 15.9 Å². The molecular formula is C18H17F3N4O4. The quantitative estimate of drug-likeness (QED) is 0.393. The standard InChI is InChI=1S/C18H17F3N4O4/c1-22-15(26)14(16(27)24-29)25(2)17(28)11-5-3-10(4-6-11)13-8-7-12(9-23-13)18(19,20)21/h3-9,14,29H,1-2H3,(H,22,26)(H,24,27). The first-order valence-electron chi connectivity index (χ1n) is 8.16. The summed E-state index contributed by atoms with van der Waals surface area (Å²) in [6.45, 7) is 0. The van der Waals surface area contributed by atoms with Gasteiger partial charge in [-0.1, -0.05) is 12.1 Å². The summed E-state index contributed by atoms with van der Waals surface area (Å²) in [6, 6.07) is 6.20. The second kappa shape index (κ2) is 8.69. The molecule has 1 atom stereocenters. The highest BCUT2D eigenvalue weighted by Gasteiger charge is 2.33. The molecule has 1 aromatic carbocycles. The number of aromatic nitrogens is 1. The molecule has 3 amide bonds. The summed E-state index contributed by atoms with van der Waals surface area (Å²) in [4.78, 5) is 40.8. The number of nitrogens with zero attached hydrogens (tertiary/aromatic N) is 2. The van der Waals surface area contributed by atoms with Crippen molar-refractivity contribution in [3.63, 3.8) is 0 Å². The Labute approximate surface area is 163 Å². The van der Waals surface area contributed by atoms with Gasteiger partial charge in [0, 0.05) is 31.4 Å². The van der Waals surface area contributed by atoms with Gasteiger partial charge in [0.1, 0.15) is 0 Å². The van der Waals surface area contributed by atoms with E-state index in [4.69, 9.17) is 5.21 Å². The van der Waals surface area contributed by atoms with E-state index in [9.17, 15) is 27.6 Å². The van der Waals surface area contributed by atoms with Crippen LogP contribution in [0.15, 0.2) is 42.6 Å². The average Bonchev–Trinajstić information content (AvgIpc) is 2.72. The molecule has 3 N–H and O–H groups in total. The minimum Gasteiger partial charge on any atom is -0.357 e. The van der Waals surface area contributed by atoms with Crippen LogP contribution in [-0.2, 0) is 15.8 Å². The Bertz CT molecular complexity index is 883. The SMILES string of the molecule is CNC(=O)C(C(=O)NO)N(C)C(=O)c1ccc(-c2ccc(C(F)(F)F)cn2)cc1. The lowest BCUT2D eigenvalue weighted by atomic mass is 10.1. The topological polar surface area (TPSA) is 112 Å². The molecule has 1 aromatic heterocycles. The van der Waals surface area contributed by atoms with Crippen LogP contribution in [0, 0.1) is 0 Å². The van der Waals surface area contributed by atoms with Crippen LogP contribution in [0.4, 0.5) is 13.2 Å². The average molecular weight is 410 g/mol. The Hall–Kier alpha value is -3.47. The first-order valence-corrected chi connectivity index (χ1v) is 8.16. The third-order valence-electron chi connectivity index (χ3n) is 4.08. The predicted octanol–water partition coefficient (Wildman–Crippen LogP) is 1.46. The highest BCUT2D eigenvalue weighted by molar-refractivity contribution is 6.08. The zero-order chi connectivity index (χ0) is 21.8. The second-order valence-electron chi connectivity index (χ2n) is 5.92. The van der Waals surface area contributed by atoms with Gasteiger partial charge in [-0.05, 0) is 24.3 Å². The normalized spacial score (nSPS) is 12.1. The van der Waals surface area contributed by atoms with Crippen LogP contribution in [0.2, 0.25) is 0 Å². The molecule has 1 heterocycles. The fourth-order valence-electron chi connectivity index (χ4n) is 2.51. The van der Waals surface area contributed by atoms with Crippen molar-refractivity contribution in [1.29, 1.82) is 0 Å². The van der Waals surface area contributed by atoms with E-state index in [0.29, 0.717) is 11.8 Å². The highest BCUT2D eigenvalue weighted by Crippen LogP contribution is 2.29. The zero-order valence-electron chi connectivity index (χ0n) is 15.3. The number of amides is 3. The number of hydroxylamine groups is 1. The number of nitrogens with one attached hydrogen (secondary N) is 2. The molecule has 0 fully saturated rings. The van der Waals surface area contributed by atoms with Crippen molar-refractivity contribution in [2.45, 2.75) is 12.2 Å². The molecule has 2 aromatic rings. The molecule has 8 nitrogen and oxygen atoms in total. The second-order valence-corrected chi connectivity index (χ2v) is 5.92. The molecule has 29 heavy (non-hydrogen) atoms. The van der Waals surface area contributed by atoms with Crippen molar-refractivity contribution in [2.75, 3.05) is 14.1 Å². The lowest BCUT2D eigenvalue weighted by Gasteiger charge is -2.25. The molecule has 154 valence electrons. The summed E-state index contributed by atoms with van der Waals surface area (Å²) in [5.74, 6) is -2.59. The summed E-state index contributed by atoms with van der Waals surface area (Å²) in [6.07, 6.45) is -3.78. The molecule has 2 rings (SSSR count). The minimum atomic E-state index is -4.49. The maximum absolute atomic E-state index is 12.6. The monoisotopic (exact) mass is 410 g/mol. The van der Waals surface area contributed by atoms with E-state index in [2.05, 4.69) is 10.3 Å². The number of halogens is 3. The van der Waals surface area contributed by atoms with Gasteiger partial charge in [0.05, 0.1) is 11.3 Å². The minimum absolute atomic E-state index is 0.114. The maximum Gasteiger partial charge on any atom is 0.417 e. The van der Waals surface area contributed by atoms with Crippen LogP contribution in [-0.4, -0.2) is 52.9 Å². The number of benzene rings is 1. The lowest BCUT2D eigenvalue weighted by Crippen LogP contribution is -2.54. The molecule has 1 unspecified atom stereocenters. The van der Waals surface area contributed by atoms with Crippen molar-refractivity contribution < 1.29 is 32.8 Å². The van der Waals surface area contributed by atoms with E-state index >= 15 is 0 Å². The Morgan fingerprint density at radius 1 is 1.07 bits per heavy atom. The summed E-state index contributed by atoms with van der Waals surface area (Å²) >= 11 is 0. The molecule has 0 aliphatic carbocycles. The van der Waals surface area contributed by atoms with Gasteiger partial charge in [0.25, 0.3) is 17.7 Å². The zero-order valence-corrected chi connectivity index (χ0v) is 15.3. The van der Waals surface area contributed by atoms with Crippen molar-refractivity contribution in [3.05, 3.63) is 53.7 Å². The van der Waals surface area contributed by atoms with Crippen LogP contribution in [0.5, 0.6) is 0 Å². The van der Waals surface area contributed by atoms with Crippen molar-refractivity contribution in [2.24, 2.45) is 0 Å². The van der Waals surface area contributed by atoms with Crippen molar-refractivity contribution in [1.82, 2.24) is 20.7 Å². The number of alkyl halides is 3. The van der Waals surface area contributed by atoms with Gasteiger partial charge < -0.3 is 10.2 Å². The van der Waals surface area contributed by atoms with Gasteiger partial charge in [-0.3, -0.25) is 24.6 Å². The summed E-state index contributed by atoms with van der Waals surface area (Å²) in [5.41, 5.74) is 1.31. The first kappa shape index (κ1) is 21.8. The summed E-state index contributed by atoms with van der Waals surface area (Å²) in [5, 5.41) is 11.0. The van der Waals surface area contributed by atoms with E-state index < -0.39 is 35.5 Å². The number of hydrogen-bond donors (Lipinski definition) is 3. The maximum atomic E-state index is 12.6. The van der Waals surface area contributed by atoms with Crippen LogP contribution in [0.3, 0.4) is 0 Å². The molecule has 0 saturated heterocycles. The molecule has 11 heteroatoms. The van der Waals surface area contributed by atoms with Crippen molar-refractivity contribution >= 4 is 17.7 Å². The van der Waals surface area contributed by atoms with E-state index in [1.165, 1.54) is 49.9 Å². The van der Waals surface area contributed by atoms with Crippen LogP contribution < -0.4 is 10.8 Å². The lowest BCUT2D eigenvalue weighted by molar-refractivity contribution is -0.141. The predicted molar refractivity (Wildman–Crippen MR) is 94.6 cm³/mol. The van der Waals surface area contributed by atoms with Gasteiger partial charge >= 0.3 is 6.18 Å². The van der Waals surface area contributed by atoms with Gasteiger partial charge in [-0.15, -0.1) is 0 Å². The number of carbonyl (C=O) groups excluding carboxylic acids is 3. The van der Waals surface area contributed by atoms with Gasteiger partial charge in [-0.25, -0.2) is 5.48 Å². The van der Waals surface area contributed by atoms with E-state index in [-0.39, 0.29) is 11.3 Å². The van der Waals surface area contributed by atoms with Crippen LogP contribution >= 0.6 is 0 Å². The number of carbonyl (C=O) groups is 3. The highest BCUT2D eigenvalue weighted by atomic mass is 19.4. The molecule has 0 aliphatic rings. The van der Waals surface area contributed by atoms with Gasteiger partial charge in [0.15, 0.2) is 6.04 Å². The number of pyridine rings is 1.